The Hall–Kier alpha value is -0.440. The molecule has 0 saturated carbocycles. The first-order valence-corrected chi connectivity index (χ1v) is 2.73. The monoisotopic (exact) mass is 114 g/mol. The molecule has 0 aliphatic carbocycles. The molecule has 0 saturated heterocycles. The fourth-order valence-electron chi connectivity index (χ4n) is 0.282. The number of thioether (sulfide) groups is 1. The molecule has 1 radical (unpaired) electrons. The van der Waals surface area contributed by atoms with E-state index in [1.54, 1.807) is 6.20 Å². The number of hydrogen-bond donors (Lipinski definition) is 0. The summed E-state index contributed by atoms with van der Waals surface area (Å²) in [5.41, 5.74) is 0. The molecule has 0 aromatic carbocycles. The minimum Gasteiger partial charge on any atom is -0.440 e. The van der Waals surface area contributed by atoms with Crippen LogP contribution in [0.25, 0.3) is 0 Å². The number of aromatic nitrogens is 1. The Labute approximate surface area is 45.9 Å². The van der Waals surface area contributed by atoms with Gasteiger partial charge in [0.2, 0.25) is 0 Å². The van der Waals surface area contributed by atoms with Gasteiger partial charge in [0.15, 0.2) is 0 Å². The van der Waals surface area contributed by atoms with Crippen LogP contribution in [0.3, 0.4) is 0 Å². The van der Waals surface area contributed by atoms with Crippen molar-refractivity contribution in [3.05, 3.63) is 18.7 Å². The fourth-order valence-corrected chi connectivity index (χ4v) is 0.541. The van der Waals surface area contributed by atoms with Crippen LogP contribution in [0.1, 0.15) is 0 Å². The van der Waals surface area contributed by atoms with Crippen molar-refractivity contribution in [1.29, 1.82) is 0 Å². The van der Waals surface area contributed by atoms with Crippen molar-refractivity contribution in [2.45, 2.75) is 5.22 Å². The van der Waals surface area contributed by atoms with Crippen LogP contribution >= 0.6 is 11.8 Å². The van der Waals surface area contributed by atoms with E-state index in [1.807, 2.05) is 0 Å². The van der Waals surface area contributed by atoms with Crippen molar-refractivity contribution in [3.63, 3.8) is 0 Å². The molecule has 0 amide bonds. The van der Waals surface area contributed by atoms with Crippen molar-refractivity contribution in [3.8, 4) is 0 Å². The second kappa shape index (κ2) is 2.02. The average Bonchev–Trinajstić information content (AvgIpc) is 2.14. The predicted molar refractivity (Wildman–Crippen MR) is 27.7 cm³/mol. The Morgan fingerprint density at radius 3 is 3.00 bits per heavy atom. The van der Waals surface area contributed by atoms with E-state index < -0.39 is 0 Å². The molecule has 0 aliphatic rings. The third kappa shape index (κ3) is 0.962. The third-order valence-electron chi connectivity index (χ3n) is 0.533. The van der Waals surface area contributed by atoms with Crippen LogP contribution in [0.2, 0.25) is 0 Å². The Balaban J connectivity index is 2.76. The Kier molecular flexibility index (Phi) is 1.36. The maximum absolute atomic E-state index is 4.77. The van der Waals surface area contributed by atoms with Crippen LogP contribution in [-0.2, 0) is 0 Å². The first-order valence-electron chi connectivity index (χ1n) is 1.75. The molecule has 0 fully saturated rings. The van der Waals surface area contributed by atoms with Gasteiger partial charge in [-0.2, -0.15) is 0 Å². The Morgan fingerprint density at radius 2 is 2.71 bits per heavy atom. The maximum Gasteiger partial charge on any atom is 0.255 e. The van der Waals surface area contributed by atoms with Gasteiger partial charge in [-0.15, -0.1) is 0 Å². The van der Waals surface area contributed by atoms with Gasteiger partial charge in [0.05, 0.1) is 6.20 Å². The van der Waals surface area contributed by atoms with Crippen LogP contribution in [0.15, 0.2) is 22.1 Å². The van der Waals surface area contributed by atoms with E-state index in [9.17, 15) is 0 Å². The second-order valence-electron chi connectivity index (χ2n) is 0.942. The van der Waals surface area contributed by atoms with Crippen LogP contribution in [0.5, 0.6) is 0 Å². The lowest BCUT2D eigenvalue weighted by Crippen LogP contribution is -1.58. The van der Waals surface area contributed by atoms with Crippen LogP contribution in [0, 0.1) is 6.26 Å². The highest BCUT2D eigenvalue weighted by atomic mass is 32.2. The zero-order valence-corrected chi connectivity index (χ0v) is 4.44. The van der Waals surface area contributed by atoms with Crippen molar-refractivity contribution in [2.75, 3.05) is 0 Å². The van der Waals surface area contributed by atoms with E-state index in [2.05, 4.69) is 11.2 Å². The molecular formula is C4H4NOS. The lowest BCUT2D eigenvalue weighted by molar-refractivity contribution is 0.455. The SMILES string of the molecule is [CH2]Sc1ncco1. The minimum absolute atomic E-state index is 0.611. The highest BCUT2D eigenvalue weighted by Crippen LogP contribution is 2.10. The molecule has 1 aromatic rings. The summed E-state index contributed by atoms with van der Waals surface area (Å²) in [4.78, 5) is 3.77. The zero-order valence-electron chi connectivity index (χ0n) is 3.63. The van der Waals surface area contributed by atoms with E-state index >= 15 is 0 Å². The van der Waals surface area contributed by atoms with Crippen molar-refractivity contribution >= 4 is 11.8 Å². The smallest absolute Gasteiger partial charge is 0.255 e. The summed E-state index contributed by atoms with van der Waals surface area (Å²) in [5.74, 6) is 0. The number of rotatable bonds is 1. The molecule has 0 atom stereocenters. The van der Waals surface area contributed by atoms with E-state index in [-0.39, 0.29) is 0 Å². The van der Waals surface area contributed by atoms with E-state index in [0.29, 0.717) is 5.22 Å². The van der Waals surface area contributed by atoms with Crippen molar-refractivity contribution in [1.82, 2.24) is 4.98 Å². The maximum atomic E-state index is 4.77. The van der Waals surface area contributed by atoms with Gasteiger partial charge in [0.1, 0.15) is 6.26 Å². The molecule has 7 heavy (non-hydrogen) atoms. The second-order valence-corrected chi connectivity index (χ2v) is 1.58. The first kappa shape index (κ1) is 4.71. The largest absolute Gasteiger partial charge is 0.440 e. The Morgan fingerprint density at radius 1 is 1.86 bits per heavy atom. The summed E-state index contributed by atoms with van der Waals surface area (Å²) < 4.78 is 4.77. The summed E-state index contributed by atoms with van der Waals surface area (Å²) in [7, 11) is 0. The Bertz CT molecular complexity index is 126. The molecule has 3 heteroatoms. The van der Waals surface area contributed by atoms with Gasteiger partial charge in [-0.3, -0.25) is 0 Å². The number of nitrogens with zero attached hydrogens (tertiary/aromatic N) is 1. The molecule has 0 aliphatic heterocycles. The number of oxazole rings is 1. The average molecular weight is 114 g/mol. The quantitative estimate of drug-likeness (QED) is 0.518. The van der Waals surface area contributed by atoms with E-state index in [4.69, 9.17) is 4.42 Å². The normalized spacial score (nSPS) is 9.29. The summed E-state index contributed by atoms with van der Waals surface area (Å²) in [5, 5.41) is 0.611. The van der Waals surface area contributed by atoms with Crippen LogP contribution in [-0.4, -0.2) is 4.98 Å². The molecule has 2 nitrogen and oxygen atoms in total. The summed E-state index contributed by atoms with van der Waals surface area (Å²) in [6.07, 6.45) is 6.60. The molecular weight excluding hydrogens is 110 g/mol. The highest BCUT2D eigenvalue weighted by molar-refractivity contribution is 8.00. The van der Waals surface area contributed by atoms with Crippen molar-refractivity contribution in [2.24, 2.45) is 0 Å². The summed E-state index contributed by atoms with van der Waals surface area (Å²) >= 11 is 1.25. The van der Waals surface area contributed by atoms with Crippen LogP contribution < -0.4 is 0 Å². The number of hydrogen-bond acceptors (Lipinski definition) is 3. The first-order chi connectivity index (χ1) is 3.43. The zero-order chi connectivity index (χ0) is 5.11. The molecule has 1 rings (SSSR count). The highest BCUT2D eigenvalue weighted by Gasteiger charge is 1.87. The lowest BCUT2D eigenvalue weighted by Gasteiger charge is -1.76. The van der Waals surface area contributed by atoms with Crippen LogP contribution in [0.4, 0.5) is 0 Å². The van der Waals surface area contributed by atoms with E-state index in [1.165, 1.54) is 18.0 Å². The molecule has 1 heterocycles. The third-order valence-corrected chi connectivity index (χ3v) is 0.982. The molecule has 37 valence electrons. The van der Waals surface area contributed by atoms with Gasteiger partial charge in [-0.25, -0.2) is 4.98 Å². The molecule has 0 spiro atoms. The lowest BCUT2D eigenvalue weighted by atomic mass is 11.0. The van der Waals surface area contributed by atoms with Gasteiger partial charge in [-0.1, -0.05) is 11.8 Å². The summed E-state index contributed by atoms with van der Waals surface area (Å²) in [6.45, 7) is 0. The van der Waals surface area contributed by atoms with Gasteiger partial charge >= 0.3 is 0 Å². The van der Waals surface area contributed by atoms with Gasteiger partial charge < -0.3 is 4.42 Å². The topological polar surface area (TPSA) is 26.0 Å². The van der Waals surface area contributed by atoms with Gasteiger partial charge in [0, 0.05) is 6.26 Å². The molecule has 0 bridgehead atoms. The standard InChI is InChI=1S/C4H4NOS/c1-7-4-5-2-3-6-4/h2-3H,1H2. The molecule has 0 unspecified atom stereocenters. The molecule has 1 aromatic heterocycles. The van der Waals surface area contributed by atoms with Gasteiger partial charge in [0.25, 0.3) is 5.22 Å². The summed E-state index contributed by atoms with van der Waals surface area (Å²) in [6, 6.07) is 0. The molecule has 0 N–H and O–H groups in total. The minimum atomic E-state index is 0.611. The predicted octanol–water partition coefficient (Wildman–Crippen LogP) is 1.56. The fraction of sp³-hybridized carbons (Fsp3) is 0. The van der Waals surface area contributed by atoms with Gasteiger partial charge in [-0.05, 0) is 0 Å². The van der Waals surface area contributed by atoms with Crippen molar-refractivity contribution < 1.29 is 4.42 Å². The van der Waals surface area contributed by atoms with E-state index in [0.717, 1.165) is 0 Å².